The molecular formula is C21H31N3OS. The molecule has 2 saturated heterocycles. The van der Waals surface area contributed by atoms with E-state index in [0.717, 1.165) is 36.5 Å². The first kappa shape index (κ1) is 19.2. The Bertz CT molecular complexity index is 668. The maximum atomic E-state index is 12.4. The summed E-state index contributed by atoms with van der Waals surface area (Å²) in [5.41, 5.74) is 1.94. The van der Waals surface area contributed by atoms with Crippen LogP contribution in [0.2, 0.25) is 0 Å². The fourth-order valence-electron chi connectivity index (χ4n) is 4.13. The largest absolute Gasteiger partial charge is 0.353 e. The molecule has 142 valence electrons. The Labute approximate surface area is 162 Å². The first-order valence-electron chi connectivity index (χ1n) is 9.71. The molecule has 0 unspecified atom stereocenters. The highest BCUT2D eigenvalue weighted by Crippen LogP contribution is 2.35. The summed E-state index contributed by atoms with van der Waals surface area (Å²) in [7, 11) is 0. The number of carbonyl (C=O) groups excluding carboxylic acids is 1. The third-order valence-corrected chi connectivity index (χ3v) is 5.93. The summed E-state index contributed by atoms with van der Waals surface area (Å²) in [5.74, 6) is 0.148. The lowest BCUT2D eigenvalue weighted by molar-refractivity contribution is -0.129. The Kier molecular flexibility index (Phi) is 5.56. The number of nitrogens with one attached hydrogen (secondary N) is 2. The van der Waals surface area contributed by atoms with Crippen LogP contribution in [-0.4, -0.2) is 34.0 Å². The van der Waals surface area contributed by atoms with Crippen LogP contribution in [-0.2, 0) is 4.79 Å². The van der Waals surface area contributed by atoms with E-state index in [1.54, 1.807) is 0 Å². The number of hydrogen-bond acceptors (Lipinski definition) is 2. The highest BCUT2D eigenvalue weighted by Gasteiger charge is 2.40. The van der Waals surface area contributed by atoms with Crippen molar-refractivity contribution in [1.82, 2.24) is 10.2 Å². The molecule has 0 aliphatic carbocycles. The van der Waals surface area contributed by atoms with E-state index in [1.165, 1.54) is 12.0 Å². The molecule has 0 saturated carbocycles. The number of anilines is 1. The predicted molar refractivity (Wildman–Crippen MR) is 111 cm³/mol. The molecule has 0 radical (unpaired) electrons. The van der Waals surface area contributed by atoms with Gasteiger partial charge in [-0.1, -0.05) is 39.0 Å². The molecule has 2 aliphatic heterocycles. The van der Waals surface area contributed by atoms with Crippen LogP contribution < -0.4 is 10.6 Å². The minimum Gasteiger partial charge on any atom is -0.353 e. The first-order valence-corrected chi connectivity index (χ1v) is 10.1. The summed E-state index contributed by atoms with van der Waals surface area (Å²) < 4.78 is 0. The lowest BCUT2D eigenvalue weighted by atomic mass is 9.81. The summed E-state index contributed by atoms with van der Waals surface area (Å²) in [4.78, 5) is 14.8. The van der Waals surface area contributed by atoms with E-state index in [4.69, 9.17) is 12.2 Å². The minimum absolute atomic E-state index is 0.148. The average molecular weight is 374 g/mol. The van der Waals surface area contributed by atoms with Crippen LogP contribution in [0.4, 0.5) is 5.69 Å². The predicted octanol–water partition coefficient (Wildman–Crippen LogP) is 4.24. The third kappa shape index (κ3) is 4.20. The van der Waals surface area contributed by atoms with Gasteiger partial charge in [0.2, 0.25) is 5.91 Å². The van der Waals surface area contributed by atoms with Gasteiger partial charge in [-0.05, 0) is 62.9 Å². The first-order chi connectivity index (χ1) is 12.3. The zero-order valence-corrected chi connectivity index (χ0v) is 17.2. The molecule has 2 bridgehead atoms. The Morgan fingerprint density at radius 1 is 1.15 bits per heavy atom. The number of fused-ring (bicyclic) bond motifs is 2. The molecular weight excluding hydrogens is 342 g/mol. The lowest BCUT2D eigenvalue weighted by Gasteiger charge is -2.50. The van der Waals surface area contributed by atoms with Gasteiger partial charge in [0.15, 0.2) is 5.11 Å². The smallest absolute Gasteiger partial charge is 0.225 e. The normalized spacial score (nSPS) is 25.5. The van der Waals surface area contributed by atoms with Crippen molar-refractivity contribution >= 4 is 28.9 Å². The summed E-state index contributed by atoms with van der Waals surface area (Å²) in [5, 5.41) is 7.56. The van der Waals surface area contributed by atoms with E-state index in [9.17, 15) is 4.79 Å². The second kappa shape index (κ2) is 7.55. The molecule has 1 aromatic rings. The third-order valence-electron chi connectivity index (χ3n) is 5.61. The van der Waals surface area contributed by atoms with Crippen molar-refractivity contribution in [2.75, 3.05) is 5.32 Å². The number of para-hydroxylation sites is 1. The van der Waals surface area contributed by atoms with Crippen molar-refractivity contribution in [3.8, 4) is 0 Å². The number of rotatable bonds is 2. The van der Waals surface area contributed by atoms with E-state index in [-0.39, 0.29) is 17.4 Å². The molecule has 2 atom stereocenters. The van der Waals surface area contributed by atoms with Crippen LogP contribution in [0, 0.1) is 12.3 Å². The van der Waals surface area contributed by atoms with Crippen molar-refractivity contribution in [3.05, 3.63) is 29.8 Å². The lowest BCUT2D eigenvalue weighted by Crippen LogP contribution is -2.60. The van der Waals surface area contributed by atoms with Crippen molar-refractivity contribution < 1.29 is 4.79 Å². The number of carbonyl (C=O) groups is 1. The van der Waals surface area contributed by atoms with Gasteiger partial charge in [0.25, 0.3) is 0 Å². The summed E-state index contributed by atoms with van der Waals surface area (Å²) in [6.07, 6.45) is 5.50. The molecule has 2 heterocycles. The second-order valence-corrected chi connectivity index (χ2v) is 9.17. The Hall–Kier alpha value is -1.62. The van der Waals surface area contributed by atoms with Crippen molar-refractivity contribution in [1.29, 1.82) is 0 Å². The standard InChI is InChI=1S/C21H31N3OS/c1-14-8-5-6-11-18(14)23-20(26)24-16-9-7-10-17(24)13-15(12-16)22-19(25)21(2,3)4/h5-6,8,11,15-17H,7,9-10,12-13H2,1-4H3,(H,22,25)(H,23,26)/t16-,17-/m0/s1. The molecule has 0 spiro atoms. The zero-order valence-electron chi connectivity index (χ0n) is 16.3. The fraction of sp³-hybridized carbons (Fsp3) is 0.619. The fourth-order valence-corrected chi connectivity index (χ4v) is 4.53. The molecule has 5 heteroatoms. The molecule has 4 nitrogen and oxygen atoms in total. The van der Waals surface area contributed by atoms with Crippen LogP contribution >= 0.6 is 12.2 Å². The summed E-state index contributed by atoms with van der Waals surface area (Å²) in [6.45, 7) is 8.01. The highest BCUT2D eigenvalue weighted by atomic mass is 32.1. The van der Waals surface area contributed by atoms with Gasteiger partial charge in [-0.2, -0.15) is 0 Å². The average Bonchev–Trinajstić information content (AvgIpc) is 2.55. The van der Waals surface area contributed by atoms with Crippen LogP contribution in [0.5, 0.6) is 0 Å². The van der Waals surface area contributed by atoms with E-state index in [1.807, 2.05) is 32.9 Å². The molecule has 26 heavy (non-hydrogen) atoms. The van der Waals surface area contributed by atoms with Gasteiger partial charge >= 0.3 is 0 Å². The minimum atomic E-state index is -0.339. The molecule has 1 aromatic carbocycles. The van der Waals surface area contributed by atoms with Gasteiger partial charge in [-0.25, -0.2) is 0 Å². The highest BCUT2D eigenvalue weighted by molar-refractivity contribution is 7.80. The number of benzene rings is 1. The molecule has 2 N–H and O–H groups in total. The molecule has 2 aliphatic rings. The number of nitrogens with zero attached hydrogens (tertiary/aromatic N) is 1. The number of hydrogen-bond donors (Lipinski definition) is 2. The van der Waals surface area contributed by atoms with Gasteiger partial charge in [-0.3, -0.25) is 4.79 Å². The van der Waals surface area contributed by atoms with Crippen molar-refractivity contribution in [2.24, 2.45) is 5.41 Å². The second-order valence-electron chi connectivity index (χ2n) is 8.78. The van der Waals surface area contributed by atoms with Gasteiger partial charge < -0.3 is 15.5 Å². The molecule has 1 amide bonds. The van der Waals surface area contributed by atoms with Crippen molar-refractivity contribution in [2.45, 2.75) is 77.9 Å². The van der Waals surface area contributed by atoms with Gasteiger partial charge in [-0.15, -0.1) is 0 Å². The van der Waals surface area contributed by atoms with Gasteiger partial charge in [0.05, 0.1) is 0 Å². The Morgan fingerprint density at radius 2 is 1.77 bits per heavy atom. The number of piperidine rings is 2. The van der Waals surface area contributed by atoms with Crippen molar-refractivity contribution in [3.63, 3.8) is 0 Å². The summed E-state index contributed by atoms with van der Waals surface area (Å²) in [6, 6.07) is 9.34. The SMILES string of the molecule is Cc1ccccc1NC(=S)N1[C@H]2CCC[C@H]1CC(NC(=O)C(C)(C)C)C2. The van der Waals surface area contributed by atoms with E-state index in [2.05, 4.69) is 34.6 Å². The van der Waals surface area contributed by atoms with E-state index >= 15 is 0 Å². The molecule has 2 fully saturated rings. The van der Waals surface area contributed by atoms with Gasteiger partial charge in [0.1, 0.15) is 0 Å². The van der Waals surface area contributed by atoms with Crippen LogP contribution in [0.15, 0.2) is 24.3 Å². The monoisotopic (exact) mass is 373 g/mol. The summed E-state index contributed by atoms with van der Waals surface area (Å²) >= 11 is 5.78. The number of thiocarbonyl (C=S) groups is 1. The Morgan fingerprint density at radius 3 is 2.35 bits per heavy atom. The van der Waals surface area contributed by atoms with E-state index in [0.29, 0.717) is 12.1 Å². The Balaban J connectivity index is 1.68. The van der Waals surface area contributed by atoms with Crippen LogP contribution in [0.3, 0.4) is 0 Å². The van der Waals surface area contributed by atoms with E-state index < -0.39 is 0 Å². The topological polar surface area (TPSA) is 44.4 Å². The number of amides is 1. The van der Waals surface area contributed by atoms with Crippen LogP contribution in [0.25, 0.3) is 0 Å². The quantitative estimate of drug-likeness (QED) is 0.761. The molecule has 0 aromatic heterocycles. The zero-order chi connectivity index (χ0) is 18.9. The maximum absolute atomic E-state index is 12.4. The molecule has 3 rings (SSSR count). The van der Waals surface area contributed by atoms with Crippen LogP contribution in [0.1, 0.15) is 58.4 Å². The number of aryl methyl sites for hydroxylation is 1. The maximum Gasteiger partial charge on any atom is 0.225 e. The van der Waals surface area contributed by atoms with Gasteiger partial charge in [0, 0.05) is 29.2 Å².